The fourth-order valence-electron chi connectivity index (χ4n) is 1.89. The lowest BCUT2D eigenvalue weighted by atomic mass is 10.2. The van der Waals surface area contributed by atoms with E-state index in [2.05, 4.69) is 10.0 Å². The van der Waals surface area contributed by atoms with Gasteiger partial charge in [0.2, 0.25) is 10.0 Å². The van der Waals surface area contributed by atoms with E-state index in [1.807, 2.05) is 6.07 Å². The SMILES string of the molecule is CNS(=O)(=O)c1cc(C(=O)NCc2cccc(Cl)c2)ccc1Cl. The molecule has 0 spiro atoms. The van der Waals surface area contributed by atoms with Crippen LogP contribution in [0.2, 0.25) is 10.0 Å². The number of rotatable bonds is 5. The minimum Gasteiger partial charge on any atom is -0.348 e. The van der Waals surface area contributed by atoms with Crippen molar-refractivity contribution in [3.63, 3.8) is 0 Å². The molecule has 0 atom stereocenters. The molecule has 2 N–H and O–H groups in total. The summed E-state index contributed by atoms with van der Waals surface area (Å²) in [6, 6.07) is 11.2. The van der Waals surface area contributed by atoms with Crippen molar-refractivity contribution in [1.29, 1.82) is 0 Å². The Bertz CT molecular complexity index is 838. The summed E-state index contributed by atoms with van der Waals surface area (Å²) in [7, 11) is -2.46. The van der Waals surface area contributed by atoms with Gasteiger partial charge in [-0.25, -0.2) is 13.1 Å². The maximum absolute atomic E-state index is 12.2. The first kappa shape index (κ1) is 17.7. The fourth-order valence-corrected chi connectivity index (χ4v) is 3.35. The second-order valence-corrected chi connectivity index (χ2v) is 7.36. The van der Waals surface area contributed by atoms with Crippen LogP contribution in [0.15, 0.2) is 47.4 Å². The Hall–Kier alpha value is -1.60. The van der Waals surface area contributed by atoms with E-state index < -0.39 is 15.9 Å². The summed E-state index contributed by atoms with van der Waals surface area (Å²) >= 11 is 11.8. The van der Waals surface area contributed by atoms with Gasteiger partial charge >= 0.3 is 0 Å². The zero-order valence-electron chi connectivity index (χ0n) is 12.1. The Kier molecular flexibility index (Phi) is 5.64. The van der Waals surface area contributed by atoms with E-state index in [1.54, 1.807) is 18.2 Å². The maximum Gasteiger partial charge on any atom is 0.251 e. The summed E-state index contributed by atoms with van der Waals surface area (Å²) in [5.41, 5.74) is 1.04. The highest BCUT2D eigenvalue weighted by Gasteiger charge is 2.18. The molecule has 0 unspecified atom stereocenters. The number of amides is 1. The summed E-state index contributed by atoms with van der Waals surface area (Å²) in [4.78, 5) is 12.0. The zero-order valence-corrected chi connectivity index (χ0v) is 14.5. The van der Waals surface area contributed by atoms with Crippen LogP contribution in [-0.2, 0) is 16.6 Å². The van der Waals surface area contributed by atoms with Gasteiger partial charge in [0.05, 0.1) is 5.02 Å². The minimum absolute atomic E-state index is 0.0470. The smallest absolute Gasteiger partial charge is 0.251 e. The number of hydrogen-bond donors (Lipinski definition) is 2. The lowest BCUT2D eigenvalue weighted by Crippen LogP contribution is -2.24. The molecule has 0 aliphatic heterocycles. The topological polar surface area (TPSA) is 75.3 Å². The van der Waals surface area contributed by atoms with E-state index in [0.717, 1.165) is 5.56 Å². The lowest BCUT2D eigenvalue weighted by molar-refractivity contribution is 0.0950. The third-order valence-electron chi connectivity index (χ3n) is 3.09. The van der Waals surface area contributed by atoms with E-state index in [9.17, 15) is 13.2 Å². The van der Waals surface area contributed by atoms with Gasteiger partial charge in [-0.2, -0.15) is 0 Å². The monoisotopic (exact) mass is 372 g/mol. The molecule has 0 aromatic heterocycles. The lowest BCUT2D eigenvalue weighted by Gasteiger charge is -2.09. The van der Waals surface area contributed by atoms with Crippen LogP contribution < -0.4 is 10.0 Å². The molecule has 0 fully saturated rings. The Morgan fingerprint density at radius 1 is 1.13 bits per heavy atom. The van der Waals surface area contributed by atoms with Gasteiger partial charge in [-0.05, 0) is 42.9 Å². The number of benzene rings is 2. The maximum atomic E-state index is 12.2. The number of carbonyl (C=O) groups is 1. The van der Waals surface area contributed by atoms with Gasteiger partial charge in [0.15, 0.2) is 0 Å². The van der Waals surface area contributed by atoms with Gasteiger partial charge in [0.25, 0.3) is 5.91 Å². The van der Waals surface area contributed by atoms with Gasteiger partial charge in [-0.1, -0.05) is 35.3 Å². The predicted octanol–water partition coefficient (Wildman–Crippen LogP) is 2.83. The highest BCUT2D eigenvalue weighted by Crippen LogP contribution is 2.22. The zero-order chi connectivity index (χ0) is 17.0. The number of halogens is 2. The van der Waals surface area contributed by atoms with Crippen LogP contribution in [0.5, 0.6) is 0 Å². The van der Waals surface area contributed by atoms with Crippen molar-refractivity contribution < 1.29 is 13.2 Å². The van der Waals surface area contributed by atoms with E-state index in [-0.39, 0.29) is 22.0 Å². The molecule has 5 nitrogen and oxygen atoms in total. The molecule has 0 radical (unpaired) electrons. The van der Waals surface area contributed by atoms with Crippen LogP contribution in [0.25, 0.3) is 0 Å². The molecule has 122 valence electrons. The van der Waals surface area contributed by atoms with Crippen molar-refractivity contribution in [3.8, 4) is 0 Å². The Balaban J connectivity index is 2.18. The van der Waals surface area contributed by atoms with Crippen molar-refractivity contribution >= 4 is 39.1 Å². The highest BCUT2D eigenvalue weighted by molar-refractivity contribution is 7.89. The van der Waals surface area contributed by atoms with Gasteiger partial charge < -0.3 is 5.32 Å². The first-order valence-corrected chi connectivity index (χ1v) is 8.83. The van der Waals surface area contributed by atoms with Gasteiger partial charge in [-0.3, -0.25) is 4.79 Å². The van der Waals surface area contributed by atoms with E-state index in [4.69, 9.17) is 23.2 Å². The number of sulfonamides is 1. The van der Waals surface area contributed by atoms with Crippen molar-refractivity contribution in [2.45, 2.75) is 11.4 Å². The Morgan fingerprint density at radius 3 is 2.52 bits per heavy atom. The molecule has 8 heteroatoms. The summed E-state index contributed by atoms with van der Waals surface area (Å²) in [6.07, 6.45) is 0. The number of carbonyl (C=O) groups excluding carboxylic acids is 1. The summed E-state index contributed by atoms with van der Waals surface area (Å²) in [6.45, 7) is 0.274. The van der Waals surface area contributed by atoms with Crippen molar-refractivity contribution in [2.75, 3.05) is 7.05 Å². The number of nitrogens with one attached hydrogen (secondary N) is 2. The predicted molar refractivity (Wildman–Crippen MR) is 90.3 cm³/mol. The normalized spacial score (nSPS) is 11.3. The van der Waals surface area contributed by atoms with Crippen LogP contribution in [0.1, 0.15) is 15.9 Å². The van der Waals surface area contributed by atoms with Crippen LogP contribution in [-0.4, -0.2) is 21.4 Å². The van der Waals surface area contributed by atoms with Crippen LogP contribution in [0.3, 0.4) is 0 Å². The van der Waals surface area contributed by atoms with Crippen molar-refractivity contribution in [2.24, 2.45) is 0 Å². The first-order valence-electron chi connectivity index (χ1n) is 6.59. The van der Waals surface area contributed by atoms with E-state index in [0.29, 0.717) is 5.02 Å². The molecule has 0 saturated carbocycles. The summed E-state index contributed by atoms with van der Waals surface area (Å²) in [5.74, 6) is -0.408. The molecule has 0 bridgehead atoms. The van der Waals surface area contributed by atoms with Crippen LogP contribution >= 0.6 is 23.2 Å². The second-order valence-electron chi connectivity index (χ2n) is 4.67. The van der Waals surface area contributed by atoms with Gasteiger partial charge in [-0.15, -0.1) is 0 Å². The van der Waals surface area contributed by atoms with E-state index >= 15 is 0 Å². The third kappa shape index (κ3) is 4.45. The molecule has 0 heterocycles. The quantitative estimate of drug-likeness (QED) is 0.846. The molecular weight excluding hydrogens is 359 g/mol. The van der Waals surface area contributed by atoms with Crippen LogP contribution in [0, 0.1) is 0 Å². The third-order valence-corrected chi connectivity index (χ3v) is 5.22. The van der Waals surface area contributed by atoms with Crippen molar-refractivity contribution in [3.05, 3.63) is 63.6 Å². The average molecular weight is 373 g/mol. The second kappa shape index (κ2) is 7.31. The fraction of sp³-hybridized carbons (Fsp3) is 0.133. The van der Waals surface area contributed by atoms with Crippen molar-refractivity contribution in [1.82, 2.24) is 10.0 Å². The largest absolute Gasteiger partial charge is 0.348 e. The van der Waals surface area contributed by atoms with Gasteiger partial charge in [0.1, 0.15) is 4.90 Å². The molecule has 0 saturated heterocycles. The Labute approximate surface area is 144 Å². The van der Waals surface area contributed by atoms with E-state index in [1.165, 1.54) is 25.2 Å². The van der Waals surface area contributed by atoms with Crippen LogP contribution in [0.4, 0.5) is 0 Å². The molecule has 0 aliphatic rings. The molecule has 0 aliphatic carbocycles. The van der Waals surface area contributed by atoms with Gasteiger partial charge in [0, 0.05) is 17.1 Å². The highest BCUT2D eigenvalue weighted by atomic mass is 35.5. The summed E-state index contributed by atoms with van der Waals surface area (Å²) in [5, 5.41) is 3.32. The standard InChI is InChI=1S/C15H14Cl2N2O3S/c1-18-23(21,22)14-8-11(5-6-13(14)17)15(20)19-9-10-3-2-4-12(16)7-10/h2-8,18H,9H2,1H3,(H,19,20). The molecule has 1 amide bonds. The Morgan fingerprint density at radius 2 is 1.87 bits per heavy atom. The molecular formula is C15H14Cl2N2O3S. The average Bonchev–Trinajstić information content (AvgIpc) is 2.53. The molecule has 2 aromatic carbocycles. The number of hydrogen-bond acceptors (Lipinski definition) is 3. The minimum atomic E-state index is -3.74. The first-order chi connectivity index (χ1) is 10.8. The molecule has 23 heavy (non-hydrogen) atoms. The summed E-state index contributed by atoms with van der Waals surface area (Å²) < 4.78 is 25.9. The molecule has 2 aromatic rings. The molecule has 2 rings (SSSR count).